The first-order valence-corrected chi connectivity index (χ1v) is 17.4. The van der Waals surface area contributed by atoms with Gasteiger partial charge in [0.25, 0.3) is 0 Å². The minimum absolute atomic E-state index is 0.0539. The number of nitrogens with zero attached hydrogens (tertiary/aromatic N) is 2. The quantitative estimate of drug-likeness (QED) is 0.208. The van der Waals surface area contributed by atoms with Gasteiger partial charge in [-0.1, -0.05) is 64.5 Å². The number of rotatable bonds is 16. The van der Waals surface area contributed by atoms with Gasteiger partial charge in [-0.2, -0.15) is 0 Å². The lowest BCUT2D eigenvalue weighted by molar-refractivity contribution is -0.130. The van der Waals surface area contributed by atoms with E-state index in [1.54, 1.807) is 17.4 Å². The standard InChI is InChI=1S/C35H51N3O3S/c1-3-26-15-18-32-33(23-26)42-34(37-32)25-28(24-30(39)4-2)35(41)36-29(22-27-12-7-5-8-13-27)16-17-31(40)14-11-21-38-19-9-6-10-20-38/h11,14-15,18,23,27-29H,3-10,12-13,16-17,19-22,24-25H2,1-2H3,(H,36,41)/b14-11+/t28-,29+/m0/s1. The molecule has 1 aromatic carbocycles. The van der Waals surface area contributed by atoms with E-state index < -0.39 is 5.92 Å². The number of benzene rings is 1. The fourth-order valence-corrected chi connectivity index (χ4v) is 7.59. The predicted octanol–water partition coefficient (Wildman–Crippen LogP) is 7.23. The molecule has 4 rings (SSSR count). The van der Waals surface area contributed by atoms with Crippen molar-refractivity contribution in [1.29, 1.82) is 0 Å². The fraction of sp³-hybridized carbons (Fsp3) is 0.657. The average molecular weight is 594 g/mol. The van der Waals surface area contributed by atoms with Crippen LogP contribution in [0.3, 0.4) is 0 Å². The van der Waals surface area contributed by atoms with Crippen LogP contribution in [0.5, 0.6) is 0 Å². The fourth-order valence-electron chi connectivity index (χ4n) is 6.48. The summed E-state index contributed by atoms with van der Waals surface area (Å²) in [6, 6.07) is 6.29. The Kier molecular flexibility index (Phi) is 13.2. The molecule has 2 fully saturated rings. The minimum atomic E-state index is -0.447. The molecule has 0 unspecified atom stereocenters. The van der Waals surface area contributed by atoms with E-state index >= 15 is 0 Å². The second-order valence-corrected chi connectivity index (χ2v) is 13.6. The van der Waals surface area contributed by atoms with Crippen molar-refractivity contribution in [1.82, 2.24) is 15.2 Å². The summed E-state index contributed by atoms with van der Waals surface area (Å²) in [7, 11) is 0. The lowest BCUT2D eigenvalue weighted by Gasteiger charge is -2.28. The number of carbonyl (C=O) groups is 3. The summed E-state index contributed by atoms with van der Waals surface area (Å²) in [6.45, 7) is 7.08. The van der Waals surface area contributed by atoms with Crippen molar-refractivity contribution in [2.45, 2.75) is 116 Å². The third-order valence-electron chi connectivity index (χ3n) is 9.11. The van der Waals surface area contributed by atoms with Crippen LogP contribution in [0, 0.1) is 11.8 Å². The number of thiazole rings is 1. The molecule has 42 heavy (non-hydrogen) atoms. The third-order valence-corrected chi connectivity index (χ3v) is 10.2. The van der Waals surface area contributed by atoms with E-state index in [9.17, 15) is 14.4 Å². The van der Waals surface area contributed by atoms with E-state index in [1.165, 1.54) is 56.9 Å². The molecule has 0 bridgehead atoms. The molecule has 1 N–H and O–H groups in total. The predicted molar refractivity (Wildman–Crippen MR) is 173 cm³/mol. The van der Waals surface area contributed by atoms with Gasteiger partial charge in [-0.25, -0.2) is 4.98 Å². The highest BCUT2D eigenvalue weighted by molar-refractivity contribution is 7.18. The smallest absolute Gasteiger partial charge is 0.224 e. The molecular weight excluding hydrogens is 542 g/mol. The van der Waals surface area contributed by atoms with Crippen LogP contribution in [-0.2, 0) is 27.2 Å². The average Bonchev–Trinajstić information content (AvgIpc) is 3.42. The Bertz CT molecular complexity index is 1190. The van der Waals surface area contributed by atoms with Crippen molar-refractivity contribution in [2.24, 2.45) is 11.8 Å². The number of amides is 1. The molecule has 1 saturated carbocycles. The maximum Gasteiger partial charge on any atom is 0.224 e. The van der Waals surface area contributed by atoms with E-state index in [4.69, 9.17) is 4.98 Å². The molecule has 1 aliphatic carbocycles. The Morgan fingerprint density at radius 1 is 1.07 bits per heavy atom. The zero-order valence-corrected chi connectivity index (χ0v) is 26.7. The van der Waals surface area contributed by atoms with Crippen LogP contribution in [0.25, 0.3) is 10.2 Å². The van der Waals surface area contributed by atoms with Crippen molar-refractivity contribution in [3.8, 4) is 0 Å². The van der Waals surface area contributed by atoms with E-state index in [0.29, 0.717) is 31.6 Å². The number of Topliss-reactive ketones (excluding diaryl/α,β-unsaturated/α-hetero) is 1. The van der Waals surface area contributed by atoms with Gasteiger partial charge >= 0.3 is 0 Å². The number of piperidine rings is 1. The van der Waals surface area contributed by atoms with Crippen molar-refractivity contribution in [3.63, 3.8) is 0 Å². The van der Waals surface area contributed by atoms with Crippen molar-refractivity contribution >= 4 is 39.0 Å². The number of carbonyl (C=O) groups excluding carboxylic acids is 3. The first kappa shape index (κ1) is 32.5. The van der Waals surface area contributed by atoms with Gasteiger partial charge in [-0.3, -0.25) is 19.3 Å². The number of aryl methyl sites for hydroxylation is 1. The van der Waals surface area contributed by atoms with Gasteiger partial charge in [0, 0.05) is 38.3 Å². The highest BCUT2D eigenvalue weighted by Crippen LogP contribution is 2.30. The Balaban J connectivity index is 1.40. The topological polar surface area (TPSA) is 79.4 Å². The van der Waals surface area contributed by atoms with Gasteiger partial charge in [0.1, 0.15) is 5.78 Å². The summed E-state index contributed by atoms with van der Waals surface area (Å²) in [6.07, 6.45) is 17.8. The maximum absolute atomic E-state index is 13.8. The summed E-state index contributed by atoms with van der Waals surface area (Å²) < 4.78 is 1.13. The monoisotopic (exact) mass is 593 g/mol. The van der Waals surface area contributed by atoms with Crippen LogP contribution >= 0.6 is 11.3 Å². The minimum Gasteiger partial charge on any atom is -0.353 e. The number of likely N-dealkylation sites (tertiary alicyclic amines) is 1. The van der Waals surface area contributed by atoms with Gasteiger partial charge in [0.05, 0.1) is 21.1 Å². The molecule has 1 aromatic heterocycles. The van der Waals surface area contributed by atoms with E-state index in [0.717, 1.165) is 47.7 Å². The first-order valence-electron chi connectivity index (χ1n) is 16.6. The molecule has 0 radical (unpaired) electrons. The Morgan fingerprint density at radius 3 is 2.57 bits per heavy atom. The molecule has 6 nitrogen and oxygen atoms in total. The second-order valence-electron chi connectivity index (χ2n) is 12.5. The van der Waals surface area contributed by atoms with Crippen LogP contribution in [-0.4, -0.2) is 53.0 Å². The summed E-state index contributed by atoms with van der Waals surface area (Å²) in [4.78, 5) is 46.3. The molecule has 230 valence electrons. The zero-order chi connectivity index (χ0) is 29.7. The molecule has 1 amide bonds. The number of nitrogens with one attached hydrogen (secondary N) is 1. The molecule has 2 aliphatic rings. The number of fused-ring (bicyclic) bond motifs is 1. The number of ketones is 2. The van der Waals surface area contributed by atoms with Crippen LogP contribution in [0.15, 0.2) is 30.4 Å². The lowest BCUT2D eigenvalue weighted by atomic mass is 9.83. The number of hydrogen-bond donors (Lipinski definition) is 1. The summed E-state index contributed by atoms with van der Waals surface area (Å²) in [5.74, 6) is 0.300. The normalized spacial score (nSPS) is 18.3. The molecular formula is C35H51N3O3S. The summed E-state index contributed by atoms with van der Waals surface area (Å²) >= 11 is 1.63. The Morgan fingerprint density at radius 2 is 1.83 bits per heavy atom. The van der Waals surface area contributed by atoms with Crippen molar-refractivity contribution < 1.29 is 14.4 Å². The van der Waals surface area contributed by atoms with E-state index in [-0.39, 0.29) is 29.9 Å². The van der Waals surface area contributed by atoms with Crippen molar-refractivity contribution in [3.05, 3.63) is 40.9 Å². The second kappa shape index (κ2) is 17.0. The van der Waals surface area contributed by atoms with E-state index in [1.807, 2.05) is 13.0 Å². The summed E-state index contributed by atoms with van der Waals surface area (Å²) in [5.41, 5.74) is 2.23. The SMILES string of the molecule is CCC(=O)C[C@@H](Cc1nc2ccc(CC)cc2s1)C(=O)N[C@H](CCC(=O)/C=C/CN1CCCCC1)CC1CCCCC1. The Labute approximate surface area is 256 Å². The Hall–Kier alpha value is -2.38. The highest BCUT2D eigenvalue weighted by atomic mass is 32.1. The molecule has 7 heteroatoms. The molecule has 2 atom stereocenters. The highest BCUT2D eigenvalue weighted by Gasteiger charge is 2.27. The van der Waals surface area contributed by atoms with Crippen LogP contribution in [0.2, 0.25) is 0 Å². The number of allylic oxidation sites excluding steroid dienone is 1. The van der Waals surface area contributed by atoms with Gasteiger partial charge in [-0.05, 0) is 74.9 Å². The van der Waals surface area contributed by atoms with Crippen molar-refractivity contribution in [2.75, 3.05) is 19.6 Å². The van der Waals surface area contributed by atoms with Gasteiger partial charge in [0.2, 0.25) is 5.91 Å². The first-order chi connectivity index (χ1) is 20.4. The van der Waals surface area contributed by atoms with E-state index in [2.05, 4.69) is 35.3 Å². The van der Waals surface area contributed by atoms with Crippen LogP contribution in [0.1, 0.15) is 108 Å². The number of hydrogen-bond acceptors (Lipinski definition) is 6. The van der Waals surface area contributed by atoms with Gasteiger partial charge in [-0.15, -0.1) is 11.3 Å². The summed E-state index contributed by atoms with van der Waals surface area (Å²) in [5, 5.41) is 4.23. The molecule has 1 saturated heterocycles. The molecule has 1 aliphatic heterocycles. The van der Waals surface area contributed by atoms with Crippen LogP contribution in [0.4, 0.5) is 0 Å². The maximum atomic E-state index is 13.8. The number of aromatic nitrogens is 1. The van der Waals surface area contributed by atoms with Crippen LogP contribution < -0.4 is 5.32 Å². The molecule has 2 heterocycles. The van der Waals surface area contributed by atoms with Gasteiger partial charge in [0.15, 0.2) is 5.78 Å². The third kappa shape index (κ3) is 10.4. The molecule has 0 spiro atoms. The zero-order valence-electron chi connectivity index (χ0n) is 25.9. The van der Waals surface area contributed by atoms with Gasteiger partial charge < -0.3 is 5.32 Å². The molecule has 2 aromatic rings. The largest absolute Gasteiger partial charge is 0.353 e. The lowest BCUT2D eigenvalue weighted by Crippen LogP contribution is -2.41.